The second-order valence-electron chi connectivity index (χ2n) is 9.85. The van der Waals surface area contributed by atoms with Crippen LogP contribution < -0.4 is 10.1 Å². The van der Waals surface area contributed by atoms with Gasteiger partial charge in [-0.25, -0.2) is 0 Å². The van der Waals surface area contributed by atoms with E-state index in [-0.39, 0.29) is 23.5 Å². The van der Waals surface area contributed by atoms with Gasteiger partial charge in [0.25, 0.3) is 11.8 Å². The third-order valence-electron chi connectivity index (χ3n) is 7.07. The van der Waals surface area contributed by atoms with Crippen LogP contribution in [0.15, 0.2) is 42.6 Å². The van der Waals surface area contributed by atoms with Crippen LogP contribution in [0.25, 0.3) is 10.9 Å². The molecule has 0 spiro atoms. The van der Waals surface area contributed by atoms with E-state index in [1.807, 2.05) is 23.9 Å². The second kappa shape index (κ2) is 10.6. The standard InChI is InChI=1S/C27H29F3N4O4/c1-17-22(25(35)31-11-12-37-20-3-2-4-20)9-10-24-23(17)16-34(32-24)15-18-13-33(14-18)26(36)19-5-7-21(8-6-19)38-27(28,29)30/h5-10,16,18,20H,2-4,11-15H2,1H3,(H,31,35). The van der Waals surface area contributed by atoms with Crippen LogP contribution in [0.2, 0.25) is 0 Å². The van der Waals surface area contributed by atoms with E-state index in [1.165, 1.54) is 18.6 Å². The van der Waals surface area contributed by atoms with Gasteiger partial charge >= 0.3 is 6.36 Å². The lowest BCUT2D eigenvalue weighted by Crippen LogP contribution is -2.51. The van der Waals surface area contributed by atoms with Crippen molar-refractivity contribution < 1.29 is 32.2 Å². The summed E-state index contributed by atoms with van der Waals surface area (Å²) in [7, 11) is 0. The van der Waals surface area contributed by atoms with E-state index in [1.54, 1.807) is 11.0 Å². The van der Waals surface area contributed by atoms with Crippen molar-refractivity contribution in [3.8, 4) is 5.75 Å². The molecular weight excluding hydrogens is 501 g/mol. The Morgan fingerprint density at radius 2 is 1.84 bits per heavy atom. The van der Waals surface area contributed by atoms with Crippen molar-refractivity contribution in [2.24, 2.45) is 5.92 Å². The quantitative estimate of drug-likeness (QED) is 0.417. The Balaban J connectivity index is 1.13. The summed E-state index contributed by atoms with van der Waals surface area (Å²) in [5.74, 6) is -0.550. The summed E-state index contributed by atoms with van der Waals surface area (Å²) in [5.41, 5.74) is 2.56. The Hall–Kier alpha value is -3.60. The van der Waals surface area contributed by atoms with Crippen LogP contribution in [0, 0.1) is 12.8 Å². The normalized spacial score (nSPS) is 16.3. The van der Waals surface area contributed by atoms with Crippen molar-refractivity contribution in [2.45, 2.75) is 45.2 Å². The van der Waals surface area contributed by atoms with Gasteiger partial charge in [-0.3, -0.25) is 14.3 Å². The van der Waals surface area contributed by atoms with Crippen molar-refractivity contribution in [1.29, 1.82) is 0 Å². The fourth-order valence-corrected chi connectivity index (χ4v) is 4.74. The zero-order valence-corrected chi connectivity index (χ0v) is 21.0. The number of hydrogen-bond donors (Lipinski definition) is 1. The Kier molecular flexibility index (Phi) is 7.29. The fourth-order valence-electron chi connectivity index (χ4n) is 4.74. The predicted octanol–water partition coefficient (Wildman–Crippen LogP) is 4.31. The number of ether oxygens (including phenoxy) is 2. The zero-order valence-electron chi connectivity index (χ0n) is 21.0. The number of fused-ring (bicyclic) bond motifs is 1. The summed E-state index contributed by atoms with van der Waals surface area (Å²) >= 11 is 0. The summed E-state index contributed by atoms with van der Waals surface area (Å²) < 4.78 is 48.4. The molecule has 2 heterocycles. The molecular formula is C27H29F3N4O4. The largest absolute Gasteiger partial charge is 0.573 e. The molecule has 3 aromatic rings. The SMILES string of the molecule is Cc1c(C(=O)NCCOC2CCC2)ccc2nn(CC3CN(C(=O)c4ccc(OC(F)(F)F)cc4)C3)cc12. The van der Waals surface area contributed by atoms with Gasteiger partial charge in [0.05, 0.1) is 18.2 Å². The van der Waals surface area contributed by atoms with Gasteiger partial charge in [-0.2, -0.15) is 5.10 Å². The van der Waals surface area contributed by atoms with Crippen molar-refractivity contribution in [3.63, 3.8) is 0 Å². The minimum atomic E-state index is -4.77. The molecule has 1 aromatic heterocycles. The lowest BCUT2D eigenvalue weighted by Gasteiger charge is -2.39. The van der Waals surface area contributed by atoms with E-state index in [2.05, 4.69) is 15.2 Å². The van der Waals surface area contributed by atoms with Crippen molar-refractivity contribution in [1.82, 2.24) is 20.0 Å². The molecule has 202 valence electrons. The third-order valence-corrected chi connectivity index (χ3v) is 7.07. The number of hydrogen-bond acceptors (Lipinski definition) is 5. The molecule has 0 radical (unpaired) electrons. The van der Waals surface area contributed by atoms with Crippen LogP contribution in [0.4, 0.5) is 13.2 Å². The van der Waals surface area contributed by atoms with E-state index in [0.717, 1.165) is 41.4 Å². The highest BCUT2D eigenvalue weighted by Crippen LogP contribution is 2.26. The molecule has 1 saturated heterocycles. The molecule has 0 bridgehead atoms. The first-order valence-electron chi connectivity index (χ1n) is 12.7. The number of aryl methyl sites for hydroxylation is 1. The lowest BCUT2D eigenvalue weighted by atomic mass is 9.96. The Morgan fingerprint density at radius 1 is 1.11 bits per heavy atom. The fraction of sp³-hybridized carbons (Fsp3) is 0.444. The molecule has 2 aliphatic rings. The van der Waals surface area contributed by atoms with Crippen molar-refractivity contribution in [2.75, 3.05) is 26.2 Å². The van der Waals surface area contributed by atoms with Gasteiger partial charge in [0, 0.05) is 54.8 Å². The molecule has 11 heteroatoms. The average molecular weight is 531 g/mol. The van der Waals surface area contributed by atoms with Gasteiger partial charge < -0.3 is 19.7 Å². The van der Waals surface area contributed by atoms with Crippen LogP contribution in [0.1, 0.15) is 45.5 Å². The number of halogens is 3. The molecule has 38 heavy (non-hydrogen) atoms. The number of aromatic nitrogens is 2. The van der Waals surface area contributed by atoms with Gasteiger partial charge in [0.1, 0.15) is 5.75 Å². The number of carbonyl (C=O) groups excluding carboxylic acids is 2. The third kappa shape index (κ3) is 5.93. The maximum atomic E-state index is 12.7. The molecule has 2 fully saturated rings. The minimum absolute atomic E-state index is 0.138. The molecule has 2 aromatic carbocycles. The summed E-state index contributed by atoms with van der Waals surface area (Å²) in [6, 6.07) is 8.54. The maximum absolute atomic E-state index is 12.7. The van der Waals surface area contributed by atoms with Crippen molar-refractivity contribution in [3.05, 3.63) is 59.3 Å². The lowest BCUT2D eigenvalue weighted by molar-refractivity contribution is -0.274. The highest BCUT2D eigenvalue weighted by atomic mass is 19.4. The second-order valence-corrected chi connectivity index (χ2v) is 9.85. The van der Waals surface area contributed by atoms with E-state index in [0.29, 0.717) is 50.0 Å². The van der Waals surface area contributed by atoms with E-state index >= 15 is 0 Å². The zero-order chi connectivity index (χ0) is 26.9. The van der Waals surface area contributed by atoms with Crippen LogP contribution in [-0.4, -0.2) is 65.2 Å². The monoisotopic (exact) mass is 530 g/mol. The number of rotatable bonds is 9. The first-order chi connectivity index (χ1) is 18.2. The predicted molar refractivity (Wildman–Crippen MR) is 133 cm³/mol. The van der Waals surface area contributed by atoms with Crippen LogP contribution in [0.3, 0.4) is 0 Å². The average Bonchev–Trinajstić information content (AvgIpc) is 3.23. The minimum Gasteiger partial charge on any atom is -0.406 e. The summed E-state index contributed by atoms with van der Waals surface area (Å²) in [4.78, 5) is 27.0. The molecule has 5 rings (SSSR count). The summed E-state index contributed by atoms with van der Waals surface area (Å²) in [6.07, 6.45) is 0.893. The Morgan fingerprint density at radius 3 is 2.50 bits per heavy atom. The van der Waals surface area contributed by atoms with E-state index < -0.39 is 6.36 Å². The molecule has 8 nitrogen and oxygen atoms in total. The molecule has 0 unspecified atom stereocenters. The first-order valence-corrected chi connectivity index (χ1v) is 12.7. The topological polar surface area (TPSA) is 85.7 Å². The molecule has 2 amide bonds. The number of carbonyl (C=O) groups is 2. The number of nitrogens with zero attached hydrogens (tertiary/aromatic N) is 3. The van der Waals surface area contributed by atoms with E-state index in [9.17, 15) is 22.8 Å². The molecule has 1 N–H and O–H groups in total. The first kappa shape index (κ1) is 26.0. The molecule has 1 aliphatic carbocycles. The van der Waals surface area contributed by atoms with Crippen molar-refractivity contribution >= 4 is 22.7 Å². The smallest absolute Gasteiger partial charge is 0.406 e. The molecule has 1 aliphatic heterocycles. The van der Waals surface area contributed by atoms with Crippen LogP contribution >= 0.6 is 0 Å². The van der Waals surface area contributed by atoms with Gasteiger partial charge in [-0.05, 0) is 68.1 Å². The van der Waals surface area contributed by atoms with Gasteiger partial charge in [0.15, 0.2) is 0 Å². The highest BCUT2D eigenvalue weighted by Gasteiger charge is 2.33. The van der Waals surface area contributed by atoms with Gasteiger partial charge in [0.2, 0.25) is 0 Å². The number of amides is 2. The molecule has 0 atom stereocenters. The molecule has 1 saturated carbocycles. The van der Waals surface area contributed by atoms with Crippen LogP contribution in [-0.2, 0) is 11.3 Å². The number of likely N-dealkylation sites (tertiary alicyclic amines) is 1. The maximum Gasteiger partial charge on any atom is 0.573 e. The van der Waals surface area contributed by atoms with Gasteiger partial charge in [-0.1, -0.05) is 0 Å². The highest BCUT2D eigenvalue weighted by molar-refractivity contribution is 6.00. The summed E-state index contributed by atoms with van der Waals surface area (Å²) in [6.45, 7) is 4.53. The number of nitrogens with one attached hydrogen (secondary N) is 1. The Bertz CT molecular complexity index is 1310. The van der Waals surface area contributed by atoms with E-state index in [4.69, 9.17) is 4.74 Å². The number of alkyl halides is 3. The summed E-state index contributed by atoms with van der Waals surface area (Å²) in [5, 5.41) is 8.45. The van der Waals surface area contributed by atoms with Gasteiger partial charge in [-0.15, -0.1) is 13.2 Å². The number of benzene rings is 2. The van der Waals surface area contributed by atoms with Crippen LogP contribution in [0.5, 0.6) is 5.75 Å². The Labute approximate surface area is 217 Å².